The van der Waals surface area contributed by atoms with E-state index in [9.17, 15) is 4.79 Å². The van der Waals surface area contributed by atoms with E-state index < -0.39 is 0 Å². The Morgan fingerprint density at radius 2 is 2.10 bits per heavy atom. The van der Waals surface area contributed by atoms with Crippen LogP contribution in [-0.2, 0) is 13.0 Å². The van der Waals surface area contributed by atoms with Crippen molar-refractivity contribution in [2.75, 3.05) is 6.54 Å². The number of nitrogens with zero attached hydrogens (tertiary/aromatic N) is 2. The summed E-state index contributed by atoms with van der Waals surface area (Å²) in [5.41, 5.74) is 1.65. The second-order valence-electron chi connectivity index (χ2n) is 5.52. The average Bonchev–Trinajstić information content (AvgIpc) is 2.90. The monoisotopic (exact) mass is 297 g/mol. The fourth-order valence-electron chi connectivity index (χ4n) is 2.72. The summed E-state index contributed by atoms with van der Waals surface area (Å²) in [6, 6.07) is 1.90. The molecule has 0 aliphatic heterocycles. The third-order valence-corrected chi connectivity index (χ3v) is 4.49. The first-order valence-electron chi connectivity index (χ1n) is 7.63. The van der Waals surface area contributed by atoms with Crippen molar-refractivity contribution in [3.63, 3.8) is 0 Å². The fraction of sp³-hybridized carbons (Fsp3) is 0.733. The van der Waals surface area contributed by atoms with Gasteiger partial charge in [0.2, 0.25) is 0 Å². The van der Waals surface area contributed by atoms with E-state index in [1.165, 1.54) is 0 Å². The van der Waals surface area contributed by atoms with Crippen molar-refractivity contribution in [2.24, 2.45) is 5.92 Å². The second-order valence-corrected chi connectivity index (χ2v) is 6.14. The molecular formula is C15H24ClN3O. The highest BCUT2D eigenvalue weighted by Crippen LogP contribution is 2.27. The number of carbonyl (C=O) groups excluding carboxylic acids is 1. The minimum Gasteiger partial charge on any atom is -0.350 e. The lowest BCUT2D eigenvalue weighted by atomic mass is 9.89. The van der Waals surface area contributed by atoms with Crippen molar-refractivity contribution >= 4 is 17.5 Å². The van der Waals surface area contributed by atoms with E-state index in [1.54, 1.807) is 4.68 Å². The van der Waals surface area contributed by atoms with Crippen LogP contribution in [0.5, 0.6) is 0 Å². The Balaban J connectivity index is 1.89. The Morgan fingerprint density at radius 3 is 2.70 bits per heavy atom. The van der Waals surface area contributed by atoms with Gasteiger partial charge in [0.1, 0.15) is 5.69 Å². The third-order valence-electron chi connectivity index (χ3n) is 4.05. The van der Waals surface area contributed by atoms with E-state index in [2.05, 4.69) is 17.3 Å². The number of halogens is 1. The van der Waals surface area contributed by atoms with Crippen molar-refractivity contribution < 1.29 is 4.79 Å². The number of amides is 1. The molecule has 1 aromatic rings. The Hall–Kier alpha value is -1.03. The number of nitrogens with one attached hydrogen (secondary N) is 1. The molecular weight excluding hydrogens is 274 g/mol. The Morgan fingerprint density at radius 1 is 1.40 bits per heavy atom. The SMILES string of the molecule is CCc1cc(C(=O)NCC2CCC(Cl)CC2)n(CC)n1. The topological polar surface area (TPSA) is 46.9 Å². The first-order chi connectivity index (χ1) is 9.63. The van der Waals surface area contributed by atoms with Crippen LogP contribution in [-0.4, -0.2) is 27.6 Å². The van der Waals surface area contributed by atoms with E-state index in [1.807, 2.05) is 13.0 Å². The van der Waals surface area contributed by atoms with Crippen molar-refractivity contribution in [3.8, 4) is 0 Å². The van der Waals surface area contributed by atoms with E-state index >= 15 is 0 Å². The van der Waals surface area contributed by atoms with Crippen LogP contribution < -0.4 is 5.32 Å². The Kier molecular flexibility index (Phi) is 5.46. The maximum atomic E-state index is 12.3. The van der Waals surface area contributed by atoms with Crippen molar-refractivity contribution in [1.82, 2.24) is 15.1 Å². The Bertz CT molecular complexity index is 450. The summed E-state index contributed by atoms with van der Waals surface area (Å²) in [7, 11) is 0. The minimum atomic E-state index is -0.00736. The van der Waals surface area contributed by atoms with Gasteiger partial charge in [0.25, 0.3) is 5.91 Å². The van der Waals surface area contributed by atoms with E-state index in [0.29, 0.717) is 17.0 Å². The summed E-state index contributed by atoms with van der Waals surface area (Å²) < 4.78 is 1.78. The number of hydrogen-bond donors (Lipinski definition) is 1. The molecule has 1 amide bonds. The molecule has 2 rings (SSSR count). The molecule has 112 valence electrons. The maximum Gasteiger partial charge on any atom is 0.269 e. The van der Waals surface area contributed by atoms with Gasteiger partial charge in [0.15, 0.2) is 0 Å². The average molecular weight is 298 g/mol. The van der Waals surface area contributed by atoms with Gasteiger partial charge in [-0.15, -0.1) is 11.6 Å². The molecule has 0 bridgehead atoms. The molecule has 0 saturated heterocycles. The van der Waals surface area contributed by atoms with Crippen LogP contribution >= 0.6 is 11.6 Å². The van der Waals surface area contributed by atoms with Gasteiger partial charge in [0, 0.05) is 18.5 Å². The summed E-state index contributed by atoms with van der Waals surface area (Å²) in [6.07, 6.45) is 5.21. The summed E-state index contributed by atoms with van der Waals surface area (Å²) in [5, 5.41) is 7.79. The van der Waals surface area contributed by atoms with Crippen molar-refractivity contribution in [2.45, 2.75) is 57.9 Å². The largest absolute Gasteiger partial charge is 0.350 e. The molecule has 0 spiro atoms. The molecule has 1 N–H and O–H groups in total. The second kappa shape index (κ2) is 7.11. The number of rotatable bonds is 5. The van der Waals surface area contributed by atoms with Crippen LogP contribution in [0, 0.1) is 5.92 Å². The van der Waals surface area contributed by atoms with Gasteiger partial charge in [-0.05, 0) is 51.0 Å². The molecule has 1 aromatic heterocycles. The highest BCUT2D eigenvalue weighted by molar-refractivity contribution is 6.20. The fourth-order valence-corrected chi connectivity index (χ4v) is 2.97. The van der Waals surface area contributed by atoms with Gasteiger partial charge < -0.3 is 5.32 Å². The summed E-state index contributed by atoms with van der Waals surface area (Å²) >= 11 is 6.10. The third kappa shape index (κ3) is 3.75. The van der Waals surface area contributed by atoms with Gasteiger partial charge in [-0.25, -0.2) is 0 Å². The van der Waals surface area contributed by atoms with Gasteiger partial charge >= 0.3 is 0 Å². The normalized spacial score (nSPS) is 22.8. The molecule has 1 aliphatic carbocycles. The van der Waals surface area contributed by atoms with E-state index in [0.717, 1.165) is 50.9 Å². The highest BCUT2D eigenvalue weighted by Gasteiger charge is 2.21. The number of carbonyl (C=O) groups is 1. The number of alkyl halides is 1. The van der Waals surface area contributed by atoms with Crippen LogP contribution in [0.1, 0.15) is 55.7 Å². The van der Waals surface area contributed by atoms with Crippen LogP contribution in [0.3, 0.4) is 0 Å². The van der Waals surface area contributed by atoms with Crippen LogP contribution in [0.25, 0.3) is 0 Å². The molecule has 1 aliphatic rings. The quantitative estimate of drug-likeness (QED) is 0.849. The smallest absolute Gasteiger partial charge is 0.269 e. The zero-order valence-corrected chi connectivity index (χ0v) is 13.1. The lowest BCUT2D eigenvalue weighted by Crippen LogP contribution is -2.32. The predicted octanol–water partition coefficient (Wildman–Crippen LogP) is 2.99. The molecule has 4 nitrogen and oxygen atoms in total. The van der Waals surface area contributed by atoms with Crippen molar-refractivity contribution in [1.29, 1.82) is 0 Å². The molecule has 5 heteroatoms. The van der Waals surface area contributed by atoms with Crippen LogP contribution in [0.4, 0.5) is 0 Å². The zero-order chi connectivity index (χ0) is 14.5. The number of aromatic nitrogens is 2. The number of aryl methyl sites for hydroxylation is 2. The number of hydrogen-bond acceptors (Lipinski definition) is 2. The molecule has 0 atom stereocenters. The highest BCUT2D eigenvalue weighted by atomic mass is 35.5. The molecule has 20 heavy (non-hydrogen) atoms. The summed E-state index contributed by atoms with van der Waals surface area (Å²) in [6.45, 7) is 5.53. The molecule has 0 radical (unpaired) electrons. The van der Waals surface area contributed by atoms with Crippen LogP contribution in [0.2, 0.25) is 0 Å². The van der Waals surface area contributed by atoms with Crippen molar-refractivity contribution in [3.05, 3.63) is 17.5 Å². The maximum absolute atomic E-state index is 12.3. The first kappa shape index (κ1) is 15.4. The summed E-state index contributed by atoms with van der Waals surface area (Å²) in [4.78, 5) is 12.3. The Labute approximate surface area is 125 Å². The standard InChI is InChI=1S/C15H24ClN3O/c1-3-13-9-14(19(4-2)18-13)15(20)17-10-11-5-7-12(16)8-6-11/h9,11-12H,3-8,10H2,1-2H3,(H,17,20). The molecule has 1 fully saturated rings. The van der Waals surface area contributed by atoms with Gasteiger partial charge in [-0.1, -0.05) is 6.92 Å². The first-order valence-corrected chi connectivity index (χ1v) is 8.06. The summed E-state index contributed by atoms with van der Waals surface area (Å²) in [5.74, 6) is 0.560. The van der Waals surface area contributed by atoms with Gasteiger partial charge in [-0.3, -0.25) is 9.48 Å². The molecule has 0 unspecified atom stereocenters. The lowest BCUT2D eigenvalue weighted by Gasteiger charge is -2.25. The van der Waals surface area contributed by atoms with Gasteiger partial charge in [-0.2, -0.15) is 5.10 Å². The minimum absolute atomic E-state index is 0.00736. The predicted molar refractivity (Wildman–Crippen MR) is 81.2 cm³/mol. The zero-order valence-electron chi connectivity index (χ0n) is 12.4. The lowest BCUT2D eigenvalue weighted by molar-refractivity contribution is 0.0933. The van der Waals surface area contributed by atoms with Gasteiger partial charge in [0.05, 0.1) is 5.69 Å². The molecule has 0 aromatic carbocycles. The molecule has 1 heterocycles. The van der Waals surface area contributed by atoms with Crippen LogP contribution in [0.15, 0.2) is 6.07 Å². The van der Waals surface area contributed by atoms with E-state index in [-0.39, 0.29) is 5.91 Å². The molecule has 1 saturated carbocycles. The van der Waals surface area contributed by atoms with E-state index in [4.69, 9.17) is 11.6 Å².